The van der Waals surface area contributed by atoms with Crippen LogP contribution in [0.15, 0.2) is 66.7 Å². The van der Waals surface area contributed by atoms with Crippen LogP contribution in [-0.2, 0) is 17.8 Å². The van der Waals surface area contributed by atoms with Gasteiger partial charge in [0, 0.05) is 25.5 Å². The molecule has 40 heavy (non-hydrogen) atoms. The lowest BCUT2D eigenvalue weighted by atomic mass is 9.71. The van der Waals surface area contributed by atoms with Crippen LogP contribution in [0.4, 0.5) is 0 Å². The minimum atomic E-state index is 0.120. The fourth-order valence-electron chi connectivity index (χ4n) is 6.93. The number of piperidine rings is 1. The van der Waals surface area contributed by atoms with Crippen molar-refractivity contribution in [2.24, 2.45) is 5.92 Å². The third kappa shape index (κ3) is 5.60. The second-order valence-corrected chi connectivity index (χ2v) is 12.3. The molecule has 4 aromatic carbocycles. The maximum absolute atomic E-state index is 13.1. The first kappa shape index (κ1) is 26.8. The van der Waals surface area contributed by atoms with Gasteiger partial charge in [-0.3, -0.25) is 9.69 Å². The number of carbonyl (C=O) groups is 1. The summed E-state index contributed by atoms with van der Waals surface area (Å²) < 4.78 is 12.1. The SMILES string of the molecule is CC(C)Oc1cc(CN2CCC(C3CC(=O)Cc4c3ccc3c4ccc4ccccc43)CC2)cc(OC(C)C)c1. The first-order valence-corrected chi connectivity index (χ1v) is 15.0. The standard InChI is InChI=1S/C36H41NO3/c1-23(2)39-29-17-25(18-30(21-29)40-24(3)4)22-37-15-13-27(14-16-37)35-19-28(38)20-36-33-10-9-26-7-5-6-8-31(26)32(33)11-12-34(35)36/h5-12,17-18,21,23-24,27,35H,13-16,19-20,22H2,1-4H3. The van der Waals surface area contributed by atoms with Gasteiger partial charge in [0.1, 0.15) is 17.3 Å². The Morgan fingerprint density at radius 3 is 2.17 bits per heavy atom. The Morgan fingerprint density at radius 2 is 1.48 bits per heavy atom. The molecule has 208 valence electrons. The summed E-state index contributed by atoms with van der Waals surface area (Å²) in [7, 11) is 0. The highest BCUT2D eigenvalue weighted by Gasteiger charge is 2.34. The van der Waals surface area contributed by atoms with Crippen molar-refractivity contribution < 1.29 is 14.3 Å². The lowest BCUT2D eigenvalue weighted by molar-refractivity contribution is -0.119. The third-order valence-electron chi connectivity index (χ3n) is 8.59. The molecule has 4 heteroatoms. The molecule has 4 nitrogen and oxygen atoms in total. The second-order valence-electron chi connectivity index (χ2n) is 12.3. The zero-order valence-electron chi connectivity index (χ0n) is 24.3. The molecule has 1 saturated heterocycles. The number of hydrogen-bond acceptors (Lipinski definition) is 4. The van der Waals surface area contributed by atoms with E-state index in [-0.39, 0.29) is 12.2 Å². The highest BCUT2D eigenvalue weighted by atomic mass is 16.5. The number of ether oxygens (including phenoxy) is 2. The first-order chi connectivity index (χ1) is 19.3. The lowest BCUT2D eigenvalue weighted by Gasteiger charge is -2.38. The van der Waals surface area contributed by atoms with Gasteiger partial charge >= 0.3 is 0 Å². The van der Waals surface area contributed by atoms with Crippen LogP contribution in [0.2, 0.25) is 0 Å². The molecule has 0 radical (unpaired) electrons. The Morgan fingerprint density at radius 1 is 0.800 bits per heavy atom. The van der Waals surface area contributed by atoms with E-state index in [1.165, 1.54) is 38.2 Å². The summed E-state index contributed by atoms with van der Waals surface area (Å²) in [4.78, 5) is 15.6. The molecule has 6 rings (SSSR count). The maximum atomic E-state index is 13.1. The summed E-state index contributed by atoms with van der Waals surface area (Å²) >= 11 is 0. The van der Waals surface area contributed by atoms with Gasteiger partial charge in [-0.15, -0.1) is 0 Å². The van der Waals surface area contributed by atoms with E-state index < -0.39 is 0 Å². The lowest BCUT2D eigenvalue weighted by Crippen LogP contribution is -2.36. The molecule has 1 unspecified atom stereocenters. The summed E-state index contributed by atoms with van der Waals surface area (Å²) in [6, 6.07) is 24.0. The summed E-state index contributed by atoms with van der Waals surface area (Å²) in [6.07, 6.45) is 3.72. The number of benzene rings is 4. The zero-order chi connectivity index (χ0) is 27.8. The quantitative estimate of drug-likeness (QED) is 0.224. The Labute approximate surface area is 238 Å². The van der Waals surface area contributed by atoms with Gasteiger partial charge in [-0.05, 0) is 116 Å². The summed E-state index contributed by atoms with van der Waals surface area (Å²) in [5, 5.41) is 5.06. The van der Waals surface area contributed by atoms with Gasteiger partial charge < -0.3 is 9.47 Å². The minimum absolute atomic E-state index is 0.120. The third-order valence-corrected chi connectivity index (χ3v) is 8.59. The van der Waals surface area contributed by atoms with Crippen LogP contribution < -0.4 is 9.47 Å². The largest absolute Gasteiger partial charge is 0.491 e. The average molecular weight is 536 g/mol. The summed E-state index contributed by atoms with van der Waals surface area (Å²) in [6.45, 7) is 11.2. The number of nitrogens with zero attached hydrogens (tertiary/aromatic N) is 1. The molecule has 1 aliphatic heterocycles. The van der Waals surface area contributed by atoms with Gasteiger partial charge in [0.25, 0.3) is 0 Å². The average Bonchev–Trinajstić information content (AvgIpc) is 2.92. The van der Waals surface area contributed by atoms with E-state index in [9.17, 15) is 4.79 Å². The Hall–Kier alpha value is -3.37. The van der Waals surface area contributed by atoms with Gasteiger partial charge in [0.15, 0.2) is 0 Å². The van der Waals surface area contributed by atoms with E-state index in [4.69, 9.17) is 9.47 Å². The van der Waals surface area contributed by atoms with Gasteiger partial charge in [0.2, 0.25) is 0 Å². The number of rotatable bonds is 7. The van der Waals surface area contributed by atoms with Crippen molar-refractivity contribution in [2.45, 2.75) is 78.0 Å². The van der Waals surface area contributed by atoms with Crippen molar-refractivity contribution in [3.05, 3.63) is 83.4 Å². The Kier molecular flexibility index (Phi) is 7.55. The number of Topliss-reactive ketones (excluding diaryl/α,β-unsaturated/α-hetero) is 1. The molecule has 0 spiro atoms. The second kappa shape index (κ2) is 11.2. The van der Waals surface area contributed by atoms with E-state index in [0.29, 0.717) is 30.5 Å². The fourth-order valence-corrected chi connectivity index (χ4v) is 6.93. The van der Waals surface area contributed by atoms with E-state index in [1.54, 1.807) is 0 Å². The van der Waals surface area contributed by atoms with Crippen LogP contribution >= 0.6 is 0 Å². The van der Waals surface area contributed by atoms with Crippen molar-refractivity contribution in [3.63, 3.8) is 0 Å². The highest BCUT2D eigenvalue weighted by molar-refractivity contribution is 6.09. The van der Waals surface area contributed by atoms with Crippen LogP contribution in [-0.4, -0.2) is 36.0 Å². The number of fused-ring (bicyclic) bond motifs is 5. The molecule has 0 bridgehead atoms. The number of likely N-dealkylation sites (tertiary alicyclic amines) is 1. The van der Waals surface area contributed by atoms with Crippen molar-refractivity contribution >= 4 is 27.3 Å². The monoisotopic (exact) mass is 535 g/mol. The molecule has 0 saturated carbocycles. The molecule has 0 N–H and O–H groups in total. The Balaban J connectivity index is 1.20. The van der Waals surface area contributed by atoms with Gasteiger partial charge in [-0.2, -0.15) is 0 Å². The van der Waals surface area contributed by atoms with Crippen LogP contribution in [0.25, 0.3) is 21.5 Å². The molecule has 1 atom stereocenters. The van der Waals surface area contributed by atoms with Crippen LogP contribution in [0, 0.1) is 5.92 Å². The molecule has 1 heterocycles. The van der Waals surface area contributed by atoms with E-state index >= 15 is 0 Å². The molecule has 0 aromatic heterocycles. The van der Waals surface area contributed by atoms with Crippen LogP contribution in [0.5, 0.6) is 11.5 Å². The molecule has 4 aromatic rings. The molecular formula is C36H41NO3. The summed E-state index contributed by atoms with van der Waals surface area (Å²) in [5.41, 5.74) is 3.91. The number of ketones is 1. The normalized spacial score (nSPS) is 18.6. The van der Waals surface area contributed by atoms with Gasteiger partial charge in [0.05, 0.1) is 12.2 Å². The highest BCUT2D eigenvalue weighted by Crippen LogP contribution is 2.43. The Bertz CT molecular complexity index is 1500. The first-order valence-electron chi connectivity index (χ1n) is 15.0. The van der Waals surface area contributed by atoms with Crippen LogP contribution in [0.3, 0.4) is 0 Å². The van der Waals surface area contributed by atoms with Crippen molar-refractivity contribution in [3.8, 4) is 11.5 Å². The predicted molar refractivity (Wildman–Crippen MR) is 163 cm³/mol. The van der Waals surface area contributed by atoms with E-state index in [2.05, 4.69) is 93.3 Å². The van der Waals surface area contributed by atoms with Crippen molar-refractivity contribution in [1.29, 1.82) is 0 Å². The smallest absolute Gasteiger partial charge is 0.137 e. The van der Waals surface area contributed by atoms with Gasteiger partial charge in [-0.1, -0.05) is 48.5 Å². The number of carbonyl (C=O) groups excluding carboxylic acids is 1. The van der Waals surface area contributed by atoms with Crippen LogP contribution in [0.1, 0.15) is 69.6 Å². The molecule has 2 aliphatic rings. The molecule has 0 amide bonds. The topological polar surface area (TPSA) is 38.8 Å². The van der Waals surface area contributed by atoms with Gasteiger partial charge in [-0.25, -0.2) is 0 Å². The van der Waals surface area contributed by atoms with Crippen molar-refractivity contribution in [2.75, 3.05) is 13.1 Å². The number of hydrogen-bond donors (Lipinski definition) is 0. The molecular weight excluding hydrogens is 494 g/mol. The predicted octanol–water partition coefficient (Wildman–Crippen LogP) is 8.08. The minimum Gasteiger partial charge on any atom is -0.491 e. The van der Waals surface area contributed by atoms with E-state index in [1.807, 2.05) is 6.07 Å². The van der Waals surface area contributed by atoms with Crippen molar-refractivity contribution in [1.82, 2.24) is 4.90 Å². The van der Waals surface area contributed by atoms with E-state index in [0.717, 1.165) is 44.0 Å². The summed E-state index contributed by atoms with van der Waals surface area (Å²) in [5.74, 6) is 2.99. The molecule has 1 aliphatic carbocycles. The molecule has 1 fully saturated rings. The fraction of sp³-hybridized carbons (Fsp3) is 0.417. The maximum Gasteiger partial charge on any atom is 0.137 e. The zero-order valence-corrected chi connectivity index (χ0v) is 24.3.